The highest BCUT2D eigenvalue weighted by Crippen LogP contribution is 2.30. The maximum Gasteiger partial charge on any atom is 0.348 e. The van der Waals surface area contributed by atoms with Crippen LogP contribution >= 0.6 is 11.3 Å². The van der Waals surface area contributed by atoms with Gasteiger partial charge in [0.2, 0.25) is 0 Å². The number of thiophene rings is 1. The van der Waals surface area contributed by atoms with Crippen molar-refractivity contribution in [3.05, 3.63) is 63.0 Å². The van der Waals surface area contributed by atoms with Crippen molar-refractivity contribution >= 4 is 39.0 Å². The van der Waals surface area contributed by atoms with Gasteiger partial charge in [0, 0.05) is 35.3 Å². The molecule has 168 valence electrons. The number of rotatable bonds is 9. The maximum absolute atomic E-state index is 12.6. The molecule has 9 nitrogen and oxygen atoms in total. The monoisotopic (exact) mass is 458 g/mol. The third-order valence-corrected chi connectivity index (χ3v) is 5.89. The van der Waals surface area contributed by atoms with Crippen molar-refractivity contribution in [1.82, 2.24) is 4.90 Å². The van der Waals surface area contributed by atoms with Gasteiger partial charge in [-0.3, -0.25) is 14.9 Å². The number of ether oxygens (including phenoxy) is 3. The molecule has 0 aliphatic rings. The molecule has 1 heterocycles. The molecule has 1 aromatic heterocycles. The Kier molecular flexibility index (Phi) is 7.26. The zero-order valence-corrected chi connectivity index (χ0v) is 18.6. The Morgan fingerprint density at radius 1 is 1.06 bits per heavy atom. The molecule has 32 heavy (non-hydrogen) atoms. The molecule has 0 saturated carbocycles. The van der Waals surface area contributed by atoms with Crippen LogP contribution in [0.4, 0.5) is 5.69 Å². The van der Waals surface area contributed by atoms with Crippen molar-refractivity contribution in [1.29, 1.82) is 0 Å². The molecule has 0 radical (unpaired) electrons. The van der Waals surface area contributed by atoms with Crippen molar-refractivity contribution in [3.63, 3.8) is 0 Å². The van der Waals surface area contributed by atoms with Crippen LogP contribution in [-0.4, -0.2) is 49.1 Å². The van der Waals surface area contributed by atoms with Crippen LogP contribution in [0.25, 0.3) is 10.1 Å². The molecule has 2 aromatic carbocycles. The molecule has 1 amide bonds. The number of nitro benzene ring substituents is 1. The average Bonchev–Trinajstić information content (AvgIpc) is 3.24. The molecule has 0 atom stereocenters. The highest BCUT2D eigenvalue weighted by atomic mass is 32.1. The fraction of sp³-hybridized carbons (Fsp3) is 0.273. The molecule has 0 aliphatic heterocycles. The van der Waals surface area contributed by atoms with Crippen LogP contribution < -0.4 is 9.47 Å². The number of amides is 1. The largest absolute Gasteiger partial charge is 0.493 e. The lowest BCUT2D eigenvalue weighted by atomic mass is 10.2. The topological polar surface area (TPSA) is 108 Å². The van der Waals surface area contributed by atoms with Crippen LogP contribution in [-0.2, 0) is 16.1 Å². The standard InChI is InChI=1S/C22H22N2O7S/c1-4-23(12-14-5-7-17(29-2)18(9-14)30-3)21(25)13-31-22(26)20-11-15-10-16(24(27)28)6-8-19(15)32-20/h5-11H,4,12-13H2,1-3H3. The van der Waals surface area contributed by atoms with Crippen molar-refractivity contribution in [3.8, 4) is 11.5 Å². The fourth-order valence-electron chi connectivity index (χ4n) is 3.11. The quantitative estimate of drug-likeness (QED) is 0.271. The molecule has 3 rings (SSSR count). The van der Waals surface area contributed by atoms with Crippen LogP contribution in [0.5, 0.6) is 11.5 Å². The lowest BCUT2D eigenvalue weighted by molar-refractivity contribution is -0.384. The van der Waals surface area contributed by atoms with E-state index in [1.807, 2.05) is 13.0 Å². The number of hydrogen-bond donors (Lipinski definition) is 0. The van der Waals surface area contributed by atoms with Gasteiger partial charge in [0.05, 0.1) is 19.1 Å². The summed E-state index contributed by atoms with van der Waals surface area (Å²) in [4.78, 5) is 37.3. The maximum atomic E-state index is 12.6. The summed E-state index contributed by atoms with van der Waals surface area (Å²) in [5, 5.41) is 11.5. The first-order valence-corrected chi connectivity index (χ1v) is 10.5. The molecule has 10 heteroatoms. The van der Waals surface area contributed by atoms with E-state index in [0.717, 1.165) is 21.6 Å². The molecular weight excluding hydrogens is 436 g/mol. The van der Waals surface area contributed by atoms with Crippen LogP contribution in [0.3, 0.4) is 0 Å². The second kappa shape index (κ2) is 10.1. The molecule has 3 aromatic rings. The average molecular weight is 458 g/mol. The van der Waals surface area contributed by atoms with E-state index in [4.69, 9.17) is 14.2 Å². The number of hydrogen-bond acceptors (Lipinski definition) is 8. The number of benzene rings is 2. The van der Waals surface area contributed by atoms with Crippen LogP contribution in [0.15, 0.2) is 42.5 Å². The Bertz CT molecular complexity index is 1160. The lowest BCUT2D eigenvalue weighted by Gasteiger charge is -2.21. The van der Waals surface area contributed by atoms with Gasteiger partial charge in [-0.25, -0.2) is 4.79 Å². The van der Waals surface area contributed by atoms with Crippen molar-refractivity contribution in [2.45, 2.75) is 13.5 Å². The zero-order valence-electron chi connectivity index (χ0n) is 17.8. The molecule has 0 N–H and O–H groups in total. The third kappa shape index (κ3) is 5.14. The highest BCUT2D eigenvalue weighted by molar-refractivity contribution is 7.20. The van der Waals surface area contributed by atoms with Gasteiger partial charge in [-0.05, 0) is 36.8 Å². The summed E-state index contributed by atoms with van der Waals surface area (Å²) >= 11 is 1.15. The van der Waals surface area contributed by atoms with E-state index in [0.29, 0.717) is 30.0 Å². The summed E-state index contributed by atoms with van der Waals surface area (Å²) in [6.45, 7) is 2.17. The van der Waals surface area contributed by atoms with E-state index in [1.165, 1.54) is 25.3 Å². The summed E-state index contributed by atoms with van der Waals surface area (Å²) in [7, 11) is 3.08. The second-order valence-electron chi connectivity index (χ2n) is 6.76. The van der Waals surface area contributed by atoms with Gasteiger partial charge in [0.25, 0.3) is 11.6 Å². The third-order valence-electron chi connectivity index (χ3n) is 4.79. The molecule has 0 unspecified atom stereocenters. The molecule has 0 fully saturated rings. The van der Waals surface area contributed by atoms with Crippen LogP contribution in [0.1, 0.15) is 22.2 Å². The summed E-state index contributed by atoms with van der Waals surface area (Å²) in [5.41, 5.74) is 0.787. The SMILES string of the molecule is CCN(Cc1ccc(OC)c(OC)c1)C(=O)COC(=O)c1cc2cc([N+](=O)[O-])ccc2s1. The second-order valence-corrected chi connectivity index (χ2v) is 7.85. The molecule has 0 bridgehead atoms. The first kappa shape index (κ1) is 23.0. The minimum absolute atomic E-state index is 0.0563. The first-order chi connectivity index (χ1) is 15.4. The Morgan fingerprint density at radius 3 is 2.47 bits per heavy atom. The van der Waals surface area contributed by atoms with Crippen molar-refractivity contribution in [2.75, 3.05) is 27.4 Å². The van der Waals surface area contributed by atoms with Gasteiger partial charge >= 0.3 is 5.97 Å². The van der Waals surface area contributed by atoms with Crippen molar-refractivity contribution < 1.29 is 28.7 Å². The Labute approximate surface area is 188 Å². The molecule has 0 spiro atoms. The summed E-state index contributed by atoms with van der Waals surface area (Å²) < 4.78 is 16.4. The van der Waals surface area contributed by atoms with Crippen LogP contribution in [0.2, 0.25) is 0 Å². The zero-order chi connectivity index (χ0) is 23.3. The van der Waals surface area contributed by atoms with E-state index in [1.54, 1.807) is 30.2 Å². The van der Waals surface area contributed by atoms with E-state index >= 15 is 0 Å². The molecule has 0 aliphatic carbocycles. The first-order valence-electron chi connectivity index (χ1n) is 9.70. The van der Waals surface area contributed by atoms with E-state index in [9.17, 15) is 19.7 Å². The molecule has 0 saturated heterocycles. The number of nitrogens with zero attached hydrogens (tertiary/aromatic N) is 2. The Morgan fingerprint density at radius 2 is 1.81 bits per heavy atom. The summed E-state index contributed by atoms with van der Waals surface area (Å²) in [5.74, 6) is 0.162. The Hall–Kier alpha value is -3.66. The van der Waals surface area contributed by atoms with Gasteiger partial charge in [-0.2, -0.15) is 0 Å². The highest BCUT2D eigenvalue weighted by Gasteiger charge is 2.19. The number of carbonyl (C=O) groups is 2. The Balaban J connectivity index is 1.64. The van der Waals surface area contributed by atoms with Crippen molar-refractivity contribution in [2.24, 2.45) is 0 Å². The lowest BCUT2D eigenvalue weighted by Crippen LogP contribution is -2.34. The van der Waals surface area contributed by atoms with E-state index in [2.05, 4.69) is 0 Å². The van der Waals surface area contributed by atoms with Gasteiger partial charge in [-0.15, -0.1) is 11.3 Å². The number of non-ortho nitro benzene ring substituents is 1. The van der Waals surface area contributed by atoms with Gasteiger partial charge in [-0.1, -0.05) is 6.07 Å². The normalized spacial score (nSPS) is 10.6. The van der Waals surface area contributed by atoms with E-state index in [-0.39, 0.29) is 16.5 Å². The minimum Gasteiger partial charge on any atom is -0.493 e. The smallest absolute Gasteiger partial charge is 0.348 e. The fourth-order valence-corrected chi connectivity index (χ4v) is 4.05. The molecular formula is C22H22N2O7S. The number of carbonyl (C=O) groups excluding carboxylic acids is 2. The van der Waals surface area contributed by atoms with Gasteiger partial charge < -0.3 is 19.1 Å². The predicted molar refractivity (Wildman–Crippen MR) is 119 cm³/mol. The van der Waals surface area contributed by atoms with Gasteiger partial charge in [0.15, 0.2) is 18.1 Å². The van der Waals surface area contributed by atoms with Crippen LogP contribution in [0, 0.1) is 10.1 Å². The van der Waals surface area contributed by atoms with Gasteiger partial charge in [0.1, 0.15) is 4.88 Å². The number of methoxy groups -OCH3 is 2. The number of fused-ring (bicyclic) bond motifs is 1. The number of nitro groups is 1. The van der Waals surface area contributed by atoms with E-state index < -0.39 is 17.5 Å². The predicted octanol–water partition coefficient (Wildman–Crippen LogP) is 4.03. The number of esters is 1. The number of likely N-dealkylation sites (N-methyl/N-ethyl adjacent to an activating group) is 1. The summed E-state index contributed by atoms with van der Waals surface area (Å²) in [6.07, 6.45) is 0. The minimum atomic E-state index is -0.649. The summed E-state index contributed by atoms with van der Waals surface area (Å²) in [6, 6.07) is 11.3.